The van der Waals surface area contributed by atoms with Gasteiger partial charge in [0.15, 0.2) is 0 Å². The highest BCUT2D eigenvalue weighted by Gasteiger charge is 2.44. The van der Waals surface area contributed by atoms with Gasteiger partial charge < -0.3 is 15.3 Å². The number of carbonyl (C=O) groups excluding carboxylic acids is 1. The van der Waals surface area contributed by atoms with Gasteiger partial charge >= 0.3 is 5.69 Å². The lowest BCUT2D eigenvalue weighted by Crippen LogP contribution is -2.14. The van der Waals surface area contributed by atoms with Crippen molar-refractivity contribution >= 4 is 34.2 Å². The van der Waals surface area contributed by atoms with Crippen molar-refractivity contribution in [3.63, 3.8) is 0 Å². The van der Waals surface area contributed by atoms with E-state index in [1.165, 1.54) is 0 Å². The van der Waals surface area contributed by atoms with Gasteiger partial charge in [0, 0.05) is 16.6 Å². The Bertz CT molecular complexity index is 960. The lowest BCUT2D eigenvalue weighted by Gasteiger charge is -2.06. The Morgan fingerprint density at radius 1 is 1.13 bits per heavy atom. The number of H-pyrrole nitrogens is 2. The monoisotopic (exact) mass is 327 g/mol. The van der Waals surface area contributed by atoms with Crippen LogP contribution in [0.4, 0.5) is 5.69 Å². The predicted octanol–water partition coefficient (Wildman–Crippen LogP) is 3.25. The molecule has 0 aliphatic heterocycles. The first kappa shape index (κ1) is 14.1. The lowest BCUT2D eigenvalue weighted by atomic mass is 10.1. The predicted molar refractivity (Wildman–Crippen MR) is 89.8 cm³/mol. The molecule has 23 heavy (non-hydrogen) atoms. The number of carbonyl (C=O) groups is 1. The highest BCUT2D eigenvalue weighted by atomic mass is 35.5. The van der Waals surface area contributed by atoms with E-state index in [1.54, 1.807) is 18.2 Å². The Labute approximate surface area is 136 Å². The van der Waals surface area contributed by atoms with Crippen LogP contribution in [0.1, 0.15) is 17.9 Å². The molecule has 1 aliphatic rings. The van der Waals surface area contributed by atoms with Crippen LogP contribution in [-0.4, -0.2) is 15.9 Å². The second-order valence-corrected chi connectivity index (χ2v) is 6.21. The molecule has 1 aromatic heterocycles. The highest BCUT2D eigenvalue weighted by Crippen LogP contribution is 2.50. The van der Waals surface area contributed by atoms with Crippen LogP contribution >= 0.6 is 11.6 Å². The van der Waals surface area contributed by atoms with Gasteiger partial charge in [0.1, 0.15) is 0 Å². The topological polar surface area (TPSA) is 77.8 Å². The zero-order valence-electron chi connectivity index (χ0n) is 12.1. The molecule has 6 heteroatoms. The number of amides is 1. The highest BCUT2D eigenvalue weighted by molar-refractivity contribution is 6.31. The number of anilines is 1. The summed E-state index contributed by atoms with van der Waals surface area (Å²) in [7, 11) is 0. The molecule has 5 nitrogen and oxygen atoms in total. The quantitative estimate of drug-likeness (QED) is 0.690. The van der Waals surface area contributed by atoms with Gasteiger partial charge in [-0.25, -0.2) is 4.79 Å². The number of rotatable bonds is 3. The summed E-state index contributed by atoms with van der Waals surface area (Å²) >= 11 is 6.19. The summed E-state index contributed by atoms with van der Waals surface area (Å²) in [6.45, 7) is 0. The van der Waals surface area contributed by atoms with Gasteiger partial charge in [-0.15, -0.1) is 0 Å². The van der Waals surface area contributed by atoms with Gasteiger partial charge in [-0.1, -0.05) is 29.8 Å². The third kappa shape index (κ3) is 2.64. The molecule has 2 aromatic carbocycles. The summed E-state index contributed by atoms with van der Waals surface area (Å²) in [6.07, 6.45) is 0.804. The van der Waals surface area contributed by atoms with Gasteiger partial charge in [-0.05, 0) is 42.2 Å². The SMILES string of the molecule is O=C(Nc1ccc2[nH]c(=O)[nH]c2c1)C1CC1c1ccccc1Cl. The summed E-state index contributed by atoms with van der Waals surface area (Å²) in [5.74, 6) is 0.0996. The fourth-order valence-electron chi connectivity index (χ4n) is 2.95. The van der Waals surface area contributed by atoms with Crippen molar-refractivity contribution < 1.29 is 4.79 Å². The van der Waals surface area contributed by atoms with Crippen molar-refractivity contribution in [3.05, 3.63) is 63.5 Å². The van der Waals surface area contributed by atoms with Crippen LogP contribution in [-0.2, 0) is 4.79 Å². The fraction of sp³-hybridized carbons (Fsp3) is 0.176. The van der Waals surface area contributed by atoms with E-state index < -0.39 is 0 Å². The second kappa shape index (κ2) is 5.28. The molecule has 1 fully saturated rings. The fourth-order valence-corrected chi connectivity index (χ4v) is 3.23. The first-order chi connectivity index (χ1) is 11.1. The Hall–Kier alpha value is -2.53. The largest absolute Gasteiger partial charge is 0.326 e. The van der Waals surface area contributed by atoms with Gasteiger partial charge in [0.2, 0.25) is 5.91 Å². The third-order valence-corrected chi connectivity index (χ3v) is 4.56. The Morgan fingerprint density at radius 3 is 2.74 bits per heavy atom. The minimum absolute atomic E-state index is 0.0212. The smallest absolute Gasteiger partial charge is 0.323 e. The summed E-state index contributed by atoms with van der Waals surface area (Å²) in [4.78, 5) is 29.0. The van der Waals surface area contributed by atoms with Gasteiger partial charge in [-0.2, -0.15) is 0 Å². The van der Waals surface area contributed by atoms with E-state index in [1.807, 2.05) is 24.3 Å². The minimum atomic E-state index is -0.260. The number of hydrogen-bond acceptors (Lipinski definition) is 2. The van der Waals surface area contributed by atoms with Gasteiger partial charge in [-0.3, -0.25) is 4.79 Å². The van der Waals surface area contributed by atoms with E-state index in [4.69, 9.17) is 11.6 Å². The van der Waals surface area contributed by atoms with Crippen LogP contribution in [0.5, 0.6) is 0 Å². The van der Waals surface area contributed by atoms with Gasteiger partial charge in [0.25, 0.3) is 0 Å². The summed E-state index contributed by atoms with van der Waals surface area (Å²) in [6, 6.07) is 12.9. The van der Waals surface area contributed by atoms with Crippen molar-refractivity contribution in [2.45, 2.75) is 12.3 Å². The molecule has 3 aromatic rings. The van der Waals surface area contributed by atoms with Crippen LogP contribution in [0.15, 0.2) is 47.3 Å². The number of aromatic amines is 2. The Balaban J connectivity index is 1.50. The molecule has 0 spiro atoms. The maximum atomic E-state index is 12.4. The minimum Gasteiger partial charge on any atom is -0.326 e. The average molecular weight is 328 g/mol. The molecule has 1 amide bonds. The molecular weight excluding hydrogens is 314 g/mol. The van der Waals surface area contributed by atoms with E-state index in [9.17, 15) is 9.59 Å². The molecule has 1 heterocycles. The Kier molecular flexibility index (Phi) is 3.23. The summed E-state index contributed by atoms with van der Waals surface area (Å²) in [5, 5.41) is 3.61. The number of halogens is 1. The second-order valence-electron chi connectivity index (χ2n) is 5.80. The number of fused-ring (bicyclic) bond motifs is 1. The number of aromatic nitrogens is 2. The van der Waals surface area contributed by atoms with Crippen LogP contribution < -0.4 is 11.0 Å². The number of imidazole rings is 1. The van der Waals surface area contributed by atoms with E-state index >= 15 is 0 Å². The first-order valence-corrected chi connectivity index (χ1v) is 7.77. The van der Waals surface area contributed by atoms with E-state index in [0.29, 0.717) is 21.7 Å². The molecule has 0 bridgehead atoms. The molecule has 2 atom stereocenters. The van der Waals surface area contributed by atoms with Crippen molar-refractivity contribution in [3.8, 4) is 0 Å². The molecule has 1 saturated carbocycles. The van der Waals surface area contributed by atoms with Crippen LogP contribution in [0.3, 0.4) is 0 Å². The molecular formula is C17H14ClN3O2. The molecule has 0 radical (unpaired) electrons. The standard InChI is InChI=1S/C17H14ClN3O2/c18-13-4-2-1-3-10(13)11-8-12(11)16(22)19-9-5-6-14-15(7-9)21-17(23)20-14/h1-7,11-12H,8H2,(H,19,22)(H2,20,21,23). The van der Waals surface area contributed by atoms with Crippen molar-refractivity contribution in [1.82, 2.24) is 9.97 Å². The maximum Gasteiger partial charge on any atom is 0.323 e. The average Bonchev–Trinajstić information content (AvgIpc) is 3.23. The molecule has 116 valence electrons. The van der Waals surface area contributed by atoms with E-state index in [0.717, 1.165) is 12.0 Å². The zero-order valence-corrected chi connectivity index (χ0v) is 12.9. The van der Waals surface area contributed by atoms with Crippen molar-refractivity contribution in [2.75, 3.05) is 5.32 Å². The maximum absolute atomic E-state index is 12.4. The van der Waals surface area contributed by atoms with Crippen LogP contribution in [0.2, 0.25) is 5.02 Å². The third-order valence-electron chi connectivity index (χ3n) is 4.22. The van der Waals surface area contributed by atoms with Crippen LogP contribution in [0, 0.1) is 5.92 Å². The van der Waals surface area contributed by atoms with E-state index in [-0.39, 0.29) is 23.4 Å². The van der Waals surface area contributed by atoms with Crippen molar-refractivity contribution in [1.29, 1.82) is 0 Å². The molecule has 3 N–H and O–H groups in total. The van der Waals surface area contributed by atoms with Gasteiger partial charge in [0.05, 0.1) is 11.0 Å². The molecule has 1 aliphatic carbocycles. The summed E-state index contributed by atoms with van der Waals surface area (Å²) < 4.78 is 0. The number of nitrogens with one attached hydrogen (secondary N) is 3. The van der Waals surface area contributed by atoms with Crippen LogP contribution in [0.25, 0.3) is 11.0 Å². The van der Waals surface area contributed by atoms with E-state index in [2.05, 4.69) is 15.3 Å². The number of hydrogen-bond donors (Lipinski definition) is 3. The summed E-state index contributed by atoms with van der Waals surface area (Å²) in [5.41, 5.74) is 2.83. The Morgan fingerprint density at radius 2 is 1.91 bits per heavy atom. The normalized spacial score (nSPS) is 19.7. The first-order valence-electron chi connectivity index (χ1n) is 7.39. The lowest BCUT2D eigenvalue weighted by molar-refractivity contribution is -0.117. The zero-order chi connectivity index (χ0) is 16.0. The molecule has 2 unspecified atom stereocenters. The number of benzene rings is 2. The molecule has 0 saturated heterocycles. The molecule has 4 rings (SSSR count). The van der Waals surface area contributed by atoms with Crippen molar-refractivity contribution in [2.24, 2.45) is 5.92 Å².